The number of ether oxygens (including phenoxy) is 2. The van der Waals surface area contributed by atoms with Crippen LogP contribution in [0.4, 0.5) is 0 Å². The highest BCUT2D eigenvalue weighted by atomic mass is 32.2. The topological polar surface area (TPSA) is 75.4 Å². The average Bonchev–Trinajstić information content (AvgIpc) is 2.70. The molecule has 0 fully saturated rings. The number of rotatable bonds is 6. The molecule has 0 saturated carbocycles. The number of esters is 1. The lowest BCUT2D eigenvalue weighted by molar-refractivity contribution is -0.144. The normalized spacial score (nSPS) is 13.7. The van der Waals surface area contributed by atoms with Crippen LogP contribution in [0.2, 0.25) is 0 Å². The van der Waals surface area contributed by atoms with Crippen LogP contribution in [-0.2, 0) is 22.5 Å². The molecule has 0 unspecified atom stereocenters. The van der Waals surface area contributed by atoms with E-state index in [2.05, 4.69) is 18.0 Å². The number of carbonyl (C=O) groups excluding carboxylic acids is 1. The van der Waals surface area contributed by atoms with E-state index in [-0.39, 0.29) is 17.8 Å². The zero-order valence-electron chi connectivity index (χ0n) is 17.2. The average molecular weight is 412 g/mol. The highest BCUT2D eigenvalue weighted by molar-refractivity contribution is 7.99. The molecule has 29 heavy (non-hydrogen) atoms. The van der Waals surface area contributed by atoms with Crippen LogP contribution >= 0.6 is 11.8 Å². The molecule has 0 aliphatic carbocycles. The summed E-state index contributed by atoms with van der Waals surface area (Å²) in [4.78, 5) is 19.0. The van der Waals surface area contributed by atoms with Crippen LogP contribution < -0.4 is 4.74 Å². The number of fused-ring (bicyclic) bond motifs is 1. The molecule has 152 valence electrons. The van der Waals surface area contributed by atoms with Crippen molar-refractivity contribution in [3.63, 3.8) is 0 Å². The minimum Gasteiger partial charge on any atom is -0.497 e. The first-order valence-electron chi connectivity index (χ1n) is 9.54. The first kappa shape index (κ1) is 21.2. The van der Waals surface area contributed by atoms with Gasteiger partial charge in [0.05, 0.1) is 24.5 Å². The van der Waals surface area contributed by atoms with E-state index in [1.807, 2.05) is 38.1 Å². The summed E-state index contributed by atoms with van der Waals surface area (Å²) < 4.78 is 10.5. The number of methoxy groups -OCH3 is 1. The third-order valence-corrected chi connectivity index (χ3v) is 5.64. The van der Waals surface area contributed by atoms with E-state index in [9.17, 15) is 10.1 Å². The number of hydrogen-bond acceptors (Lipinski definition) is 7. The molecule has 7 heteroatoms. The van der Waals surface area contributed by atoms with Crippen molar-refractivity contribution in [3.05, 3.63) is 41.1 Å². The molecule has 2 heterocycles. The number of nitriles is 1. The minimum atomic E-state index is -0.306. The lowest BCUT2D eigenvalue weighted by atomic mass is 9.92. The number of thioether (sulfide) groups is 1. The van der Waals surface area contributed by atoms with Gasteiger partial charge >= 0.3 is 5.97 Å². The molecule has 0 N–H and O–H groups in total. The van der Waals surface area contributed by atoms with Gasteiger partial charge in [-0.2, -0.15) is 5.26 Å². The third-order valence-electron chi connectivity index (χ3n) is 4.69. The van der Waals surface area contributed by atoms with Gasteiger partial charge in [-0.05, 0) is 44.2 Å². The fraction of sp³-hybridized carbons (Fsp3) is 0.409. The fourth-order valence-electron chi connectivity index (χ4n) is 3.38. The van der Waals surface area contributed by atoms with Crippen LogP contribution in [0.15, 0.2) is 29.3 Å². The largest absolute Gasteiger partial charge is 0.497 e. The summed E-state index contributed by atoms with van der Waals surface area (Å²) in [6.45, 7) is 5.28. The van der Waals surface area contributed by atoms with Gasteiger partial charge in [0.2, 0.25) is 0 Å². The van der Waals surface area contributed by atoms with Gasteiger partial charge in [0.1, 0.15) is 16.8 Å². The molecule has 2 aromatic rings. The zero-order valence-corrected chi connectivity index (χ0v) is 18.0. The van der Waals surface area contributed by atoms with Gasteiger partial charge in [0, 0.05) is 30.8 Å². The molecule has 6 nitrogen and oxygen atoms in total. The molecule has 0 amide bonds. The van der Waals surface area contributed by atoms with Crippen LogP contribution in [-0.4, -0.2) is 48.4 Å². The molecule has 0 atom stereocenters. The molecule has 1 aliphatic heterocycles. The van der Waals surface area contributed by atoms with Crippen molar-refractivity contribution in [2.45, 2.75) is 37.9 Å². The number of likely N-dealkylation sites (N-methyl/N-ethyl adjacent to an activating group) is 1. The number of carbonyl (C=O) groups is 1. The first-order valence-corrected chi connectivity index (χ1v) is 10.5. The number of benzene rings is 1. The number of aromatic nitrogens is 1. The molecule has 1 aromatic carbocycles. The molecule has 0 saturated heterocycles. The van der Waals surface area contributed by atoms with E-state index in [0.29, 0.717) is 10.6 Å². The Hall–Kier alpha value is -2.56. The van der Waals surface area contributed by atoms with E-state index >= 15 is 0 Å². The van der Waals surface area contributed by atoms with Crippen molar-refractivity contribution in [1.29, 1.82) is 5.26 Å². The van der Waals surface area contributed by atoms with Gasteiger partial charge in [-0.1, -0.05) is 23.9 Å². The Kier molecular flexibility index (Phi) is 6.78. The van der Waals surface area contributed by atoms with Crippen LogP contribution in [0.1, 0.15) is 30.7 Å². The van der Waals surface area contributed by atoms with Crippen LogP contribution in [0.5, 0.6) is 5.75 Å². The van der Waals surface area contributed by atoms with Crippen LogP contribution in [0.3, 0.4) is 0 Å². The highest BCUT2D eigenvalue weighted by Gasteiger charge is 2.25. The van der Waals surface area contributed by atoms with Gasteiger partial charge in [-0.15, -0.1) is 0 Å². The Labute approximate surface area is 175 Å². The first-order chi connectivity index (χ1) is 13.9. The molecule has 1 aromatic heterocycles. The Morgan fingerprint density at radius 3 is 2.69 bits per heavy atom. The Balaban J connectivity index is 2.06. The fourth-order valence-corrected chi connectivity index (χ4v) is 4.17. The molecule has 0 bridgehead atoms. The van der Waals surface area contributed by atoms with Gasteiger partial charge in [0.25, 0.3) is 0 Å². The summed E-state index contributed by atoms with van der Waals surface area (Å²) in [6, 6.07) is 10.0. The van der Waals surface area contributed by atoms with Gasteiger partial charge in [-0.25, -0.2) is 4.98 Å². The summed E-state index contributed by atoms with van der Waals surface area (Å²) >= 11 is 1.27. The van der Waals surface area contributed by atoms with E-state index in [1.54, 1.807) is 7.11 Å². The second-order valence-electron chi connectivity index (χ2n) is 7.25. The summed E-state index contributed by atoms with van der Waals surface area (Å²) in [7, 11) is 3.70. The SMILES string of the molecule is COc1ccc(-c2c(C#N)c(SCC(=O)OC(C)C)nc3c2CN(C)CC3)cc1. The van der Waals surface area contributed by atoms with Gasteiger partial charge in [-0.3, -0.25) is 4.79 Å². The summed E-state index contributed by atoms with van der Waals surface area (Å²) in [6.07, 6.45) is 0.644. The lowest BCUT2D eigenvalue weighted by Crippen LogP contribution is -2.28. The van der Waals surface area contributed by atoms with Crippen LogP contribution in [0, 0.1) is 11.3 Å². The van der Waals surface area contributed by atoms with Gasteiger partial charge < -0.3 is 14.4 Å². The molecule has 0 spiro atoms. The quantitative estimate of drug-likeness (QED) is 0.530. The summed E-state index contributed by atoms with van der Waals surface area (Å²) in [5.41, 5.74) is 4.42. The second kappa shape index (κ2) is 9.29. The van der Waals surface area contributed by atoms with Crippen molar-refractivity contribution in [2.24, 2.45) is 0 Å². The predicted molar refractivity (Wildman–Crippen MR) is 113 cm³/mol. The smallest absolute Gasteiger partial charge is 0.316 e. The van der Waals surface area contributed by atoms with E-state index in [4.69, 9.17) is 14.5 Å². The van der Waals surface area contributed by atoms with E-state index in [0.717, 1.165) is 47.6 Å². The third kappa shape index (κ3) is 4.89. The number of nitrogens with zero attached hydrogens (tertiary/aromatic N) is 3. The predicted octanol–water partition coefficient (Wildman–Crippen LogP) is 3.66. The van der Waals surface area contributed by atoms with Crippen molar-refractivity contribution < 1.29 is 14.3 Å². The monoisotopic (exact) mass is 411 g/mol. The maximum Gasteiger partial charge on any atom is 0.316 e. The van der Waals surface area contributed by atoms with E-state index in [1.165, 1.54) is 11.8 Å². The molecule has 0 radical (unpaired) electrons. The molecular weight excluding hydrogens is 386 g/mol. The number of hydrogen-bond donors (Lipinski definition) is 0. The van der Waals surface area contributed by atoms with Crippen molar-refractivity contribution in [1.82, 2.24) is 9.88 Å². The maximum atomic E-state index is 12.0. The minimum absolute atomic E-state index is 0.126. The van der Waals surface area contributed by atoms with Crippen LogP contribution in [0.25, 0.3) is 11.1 Å². The lowest BCUT2D eigenvalue weighted by Gasteiger charge is -2.28. The van der Waals surface area contributed by atoms with Crippen molar-refractivity contribution in [3.8, 4) is 22.9 Å². The Morgan fingerprint density at radius 1 is 1.34 bits per heavy atom. The Morgan fingerprint density at radius 2 is 2.07 bits per heavy atom. The van der Waals surface area contributed by atoms with Gasteiger partial charge in [0.15, 0.2) is 0 Å². The van der Waals surface area contributed by atoms with Crippen molar-refractivity contribution in [2.75, 3.05) is 26.5 Å². The van der Waals surface area contributed by atoms with E-state index < -0.39 is 0 Å². The maximum absolute atomic E-state index is 12.0. The Bertz CT molecular complexity index is 936. The summed E-state index contributed by atoms with van der Waals surface area (Å²) in [5.74, 6) is 0.582. The van der Waals surface area contributed by atoms with Crippen molar-refractivity contribution >= 4 is 17.7 Å². The zero-order chi connectivity index (χ0) is 21.0. The highest BCUT2D eigenvalue weighted by Crippen LogP contribution is 2.37. The molecule has 3 rings (SSSR count). The summed E-state index contributed by atoms with van der Waals surface area (Å²) in [5, 5.41) is 10.6. The standard InChI is InChI=1S/C22H25N3O3S/c1-14(2)28-20(26)13-29-22-17(11-23)21(15-5-7-16(27-4)8-6-15)18-12-25(3)10-9-19(18)24-22/h5-8,14H,9-10,12-13H2,1-4H3. The number of pyridine rings is 1. The molecule has 1 aliphatic rings. The molecular formula is C22H25N3O3S. The second-order valence-corrected chi connectivity index (χ2v) is 8.21.